The van der Waals surface area contributed by atoms with Crippen LogP contribution in [0.4, 0.5) is 4.79 Å². The summed E-state index contributed by atoms with van der Waals surface area (Å²) in [6.45, 7) is 1.50. The molecular weight excluding hydrogens is 248 g/mol. The van der Waals surface area contributed by atoms with Gasteiger partial charge >= 0.3 is 6.09 Å². The lowest BCUT2D eigenvalue weighted by Crippen LogP contribution is -2.50. The molecule has 1 fully saturated rings. The molecule has 0 aliphatic carbocycles. The summed E-state index contributed by atoms with van der Waals surface area (Å²) in [6.07, 6.45) is 0.485. The number of benzene rings is 1. The van der Waals surface area contributed by atoms with Crippen molar-refractivity contribution in [1.82, 2.24) is 4.90 Å². The number of thiol groups is 1. The van der Waals surface area contributed by atoms with Crippen molar-refractivity contribution in [1.29, 1.82) is 0 Å². The Hall–Kier alpha value is -1.20. The van der Waals surface area contributed by atoms with Crippen molar-refractivity contribution in [3.8, 4) is 0 Å². The minimum absolute atomic E-state index is 0.0306. The Kier molecular flexibility index (Phi) is 4.49. The van der Waals surface area contributed by atoms with Crippen LogP contribution in [-0.4, -0.2) is 35.4 Å². The Balaban J connectivity index is 1.82. The fraction of sp³-hybridized carbons (Fsp3) is 0.462. The third-order valence-corrected chi connectivity index (χ3v) is 3.64. The van der Waals surface area contributed by atoms with E-state index in [4.69, 9.17) is 10.5 Å². The van der Waals surface area contributed by atoms with E-state index in [1.165, 1.54) is 0 Å². The van der Waals surface area contributed by atoms with E-state index in [0.717, 1.165) is 12.0 Å². The summed E-state index contributed by atoms with van der Waals surface area (Å²) >= 11 is 4.37. The number of hydrogen-bond acceptors (Lipinski definition) is 4. The molecule has 2 rings (SSSR count). The molecule has 0 spiro atoms. The molecule has 1 aromatic carbocycles. The molecule has 2 atom stereocenters. The average Bonchev–Trinajstić information content (AvgIpc) is 2.40. The summed E-state index contributed by atoms with van der Waals surface area (Å²) in [5.74, 6) is 0. The fourth-order valence-corrected chi connectivity index (χ4v) is 2.27. The number of likely N-dealkylation sites (tertiary alicyclic amines) is 1. The summed E-state index contributed by atoms with van der Waals surface area (Å²) in [4.78, 5) is 13.5. The van der Waals surface area contributed by atoms with Gasteiger partial charge in [0.25, 0.3) is 0 Å². The lowest BCUT2D eigenvalue weighted by atomic mass is 10.1. The van der Waals surface area contributed by atoms with Crippen molar-refractivity contribution in [2.45, 2.75) is 24.3 Å². The molecule has 1 aliphatic rings. The first-order valence-electron chi connectivity index (χ1n) is 6.06. The van der Waals surface area contributed by atoms with Crippen molar-refractivity contribution in [3.63, 3.8) is 0 Å². The van der Waals surface area contributed by atoms with Gasteiger partial charge in [0.15, 0.2) is 0 Å². The van der Waals surface area contributed by atoms with E-state index in [1.807, 2.05) is 30.3 Å². The number of ether oxygens (including phenoxy) is 1. The van der Waals surface area contributed by atoms with Crippen LogP contribution in [0.1, 0.15) is 12.0 Å². The second-order valence-electron chi connectivity index (χ2n) is 4.51. The quantitative estimate of drug-likeness (QED) is 0.800. The van der Waals surface area contributed by atoms with Gasteiger partial charge in [-0.1, -0.05) is 30.3 Å². The van der Waals surface area contributed by atoms with E-state index in [2.05, 4.69) is 12.6 Å². The van der Waals surface area contributed by atoms with E-state index in [-0.39, 0.29) is 17.4 Å². The molecule has 0 bridgehead atoms. The molecule has 0 radical (unpaired) electrons. The summed E-state index contributed by atoms with van der Waals surface area (Å²) in [6, 6.07) is 9.70. The first kappa shape index (κ1) is 13.2. The zero-order valence-electron chi connectivity index (χ0n) is 10.2. The molecule has 2 unspecified atom stereocenters. The summed E-state index contributed by atoms with van der Waals surface area (Å²) in [7, 11) is 0. The highest BCUT2D eigenvalue weighted by Gasteiger charge is 2.27. The summed E-state index contributed by atoms with van der Waals surface area (Å²) in [5, 5.41) is 0.0306. The van der Waals surface area contributed by atoms with Crippen molar-refractivity contribution < 1.29 is 9.53 Å². The monoisotopic (exact) mass is 266 g/mol. The van der Waals surface area contributed by atoms with Crippen LogP contribution in [0.25, 0.3) is 0 Å². The molecule has 1 amide bonds. The van der Waals surface area contributed by atoms with Gasteiger partial charge in [-0.15, -0.1) is 0 Å². The molecular formula is C13H18N2O2S. The van der Waals surface area contributed by atoms with E-state index in [1.54, 1.807) is 4.90 Å². The highest BCUT2D eigenvalue weighted by atomic mass is 32.1. The van der Waals surface area contributed by atoms with Crippen LogP contribution in [0.3, 0.4) is 0 Å². The first-order chi connectivity index (χ1) is 8.66. The zero-order valence-corrected chi connectivity index (χ0v) is 11.1. The second kappa shape index (κ2) is 6.11. The summed E-state index contributed by atoms with van der Waals surface area (Å²) in [5.41, 5.74) is 6.84. The molecule has 0 aromatic heterocycles. The molecule has 18 heavy (non-hydrogen) atoms. The number of piperidine rings is 1. The average molecular weight is 266 g/mol. The highest BCUT2D eigenvalue weighted by molar-refractivity contribution is 7.81. The number of rotatable bonds is 2. The number of nitrogens with zero attached hydrogens (tertiary/aromatic N) is 1. The van der Waals surface area contributed by atoms with Gasteiger partial charge in [-0.2, -0.15) is 12.6 Å². The minimum atomic E-state index is -0.287. The normalized spacial score (nSPS) is 23.8. The molecule has 1 heterocycles. The molecule has 1 aromatic rings. The molecule has 4 nitrogen and oxygen atoms in total. The predicted molar refractivity (Wildman–Crippen MR) is 73.6 cm³/mol. The van der Waals surface area contributed by atoms with Crippen LogP contribution in [0.2, 0.25) is 0 Å². The van der Waals surface area contributed by atoms with Crippen LogP contribution < -0.4 is 5.73 Å². The maximum Gasteiger partial charge on any atom is 0.410 e. The van der Waals surface area contributed by atoms with E-state index in [0.29, 0.717) is 19.7 Å². The number of amides is 1. The smallest absolute Gasteiger partial charge is 0.410 e. The lowest BCUT2D eigenvalue weighted by molar-refractivity contribution is 0.0885. The van der Waals surface area contributed by atoms with Gasteiger partial charge in [0.05, 0.1) is 0 Å². The van der Waals surface area contributed by atoms with Crippen molar-refractivity contribution in [2.75, 3.05) is 13.1 Å². The Bertz CT molecular complexity index is 399. The Morgan fingerprint density at radius 2 is 2.17 bits per heavy atom. The minimum Gasteiger partial charge on any atom is -0.445 e. The predicted octanol–water partition coefficient (Wildman–Crippen LogP) is 1.65. The number of hydrogen-bond donors (Lipinski definition) is 2. The number of nitrogens with two attached hydrogens (primary N) is 1. The topological polar surface area (TPSA) is 55.6 Å². The number of carbonyl (C=O) groups excluding carboxylic acids is 1. The highest BCUT2D eigenvalue weighted by Crippen LogP contribution is 2.15. The van der Waals surface area contributed by atoms with Crippen LogP contribution in [0, 0.1) is 0 Å². The van der Waals surface area contributed by atoms with Gasteiger partial charge < -0.3 is 15.4 Å². The van der Waals surface area contributed by atoms with E-state index in [9.17, 15) is 4.79 Å². The molecule has 2 N–H and O–H groups in total. The first-order valence-corrected chi connectivity index (χ1v) is 6.57. The van der Waals surface area contributed by atoms with Gasteiger partial charge in [0.1, 0.15) is 6.61 Å². The molecule has 1 saturated heterocycles. The maximum atomic E-state index is 11.9. The van der Waals surface area contributed by atoms with Crippen LogP contribution in [0.5, 0.6) is 0 Å². The van der Waals surface area contributed by atoms with E-state index < -0.39 is 0 Å². The number of carbonyl (C=O) groups is 1. The van der Waals surface area contributed by atoms with Crippen molar-refractivity contribution in [3.05, 3.63) is 35.9 Å². The van der Waals surface area contributed by atoms with Gasteiger partial charge in [-0.05, 0) is 12.0 Å². The second-order valence-corrected chi connectivity index (χ2v) is 5.17. The van der Waals surface area contributed by atoms with Crippen LogP contribution in [0.15, 0.2) is 30.3 Å². The lowest BCUT2D eigenvalue weighted by Gasteiger charge is -2.33. The van der Waals surface area contributed by atoms with Gasteiger partial charge in [0.2, 0.25) is 0 Å². The molecule has 98 valence electrons. The van der Waals surface area contributed by atoms with Crippen LogP contribution in [-0.2, 0) is 11.3 Å². The Labute approximate surface area is 113 Å². The zero-order chi connectivity index (χ0) is 13.0. The van der Waals surface area contributed by atoms with Crippen molar-refractivity contribution in [2.24, 2.45) is 5.73 Å². The molecule has 5 heteroatoms. The third kappa shape index (κ3) is 3.40. The molecule has 0 saturated carbocycles. The van der Waals surface area contributed by atoms with Crippen molar-refractivity contribution >= 4 is 18.7 Å². The maximum absolute atomic E-state index is 11.9. The third-order valence-electron chi connectivity index (χ3n) is 3.10. The van der Waals surface area contributed by atoms with Gasteiger partial charge in [-0.25, -0.2) is 4.79 Å². The van der Waals surface area contributed by atoms with E-state index >= 15 is 0 Å². The largest absolute Gasteiger partial charge is 0.445 e. The standard InChI is InChI=1S/C13H18N2O2S/c14-11-6-7-15(8-12(11)18)13(16)17-9-10-4-2-1-3-5-10/h1-5,11-12,18H,6-9,14H2. The molecule has 1 aliphatic heterocycles. The van der Waals surface area contributed by atoms with Gasteiger partial charge in [-0.3, -0.25) is 0 Å². The Morgan fingerprint density at radius 1 is 1.44 bits per heavy atom. The van der Waals surface area contributed by atoms with Crippen LogP contribution >= 0.6 is 12.6 Å². The van der Waals surface area contributed by atoms with Gasteiger partial charge in [0, 0.05) is 24.4 Å². The Morgan fingerprint density at radius 3 is 2.83 bits per heavy atom. The summed E-state index contributed by atoms with van der Waals surface area (Å²) < 4.78 is 5.26. The fourth-order valence-electron chi connectivity index (χ4n) is 1.93. The SMILES string of the molecule is NC1CCN(C(=O)OCc2ccccc2)CC1S.